The summed E-state index contributed by atoms with van der Waals surface area (Å²) in [7, 11) is 0. The second-order valence-electron chi connectivity index (χ2n) is 4.25. The summed E-state index contributed by atoms with van der Waals surface area (Å²) in [6, 6.07) is 12.9. The van der Waals surface area contributed by atoms with Crippen molar-refractivity contribution >= 4 is 28.8 Å². The topological polar surface area (TPSA) is 58.2 Å². The van der Waals surface area contributed by atoms with Gasteiger partial charge in [0.1, 0.15) is 0 Å². The zero-order valence-electron chi connectivity index (χ0n) is 11.0. The number of benzene rings is 1. The highest BCUT2D eigenvalue weighted by Crippen LogP contribution is 2.08. The first-order chi connectivity index (χ1) is 9.75. The van der Waals surface area contributed by atoms with Crippen LogP contribution in [0.25, 0.3) is 0 Å². The van der Waals surface area contributed by atoms with E-state index in [0.717, 1.165) is 5.69 Å². The van der Waals surface area contributed by atoms with Crippen LogP contribution in [0.2, 0.25) is 0 Å². The second-order valence-corrected chi connectivity index (χ2v) is 5.20. The Hall–Kier alpha value is -2.14. The molecule has 20 heavy (non-hydrogen) atoms. The summed E-state index contributed by atoms with van der Waals surface area (Å²) in [5, 5.41) is 7.47. The van der Waals surface area contributed by atoms with Crippen molar-refractivity contribution in [3.8, 4) is 0 Å². The number of amides is 2. The second kappa shape index (κ2) is 7.45. The molecule has 0 aliphatic rings. The molecular weight excluding hydrogens is 272 g/mol. The average molecular weight is 288 g/mol. The largest absolute Gasteiger partial charge is 0.351 e. The van der Waals surface area contributed by atoms with Crippen LogP contribution in [0.1, 0.15) is 22.5 Å². The lowest BCUT2D eigenvalue weighted by molar-refractivity contribution is -0.116. The van der Waals surface area contributed by atoms with Crippen LogP contribution in [0, 0.1) is 0 Å². The maximum atomic E-state index is 11.7. The molecule has 5 heteroatoms. The van der Waals surface area contributed by atoms with Gasteiger partial charge in [0.15, 0.2) is 0 Å². The van der Waals surface area contributed by atoms with E-state index in [2.05, 4.69) is 10.6 Å². The van der Waals surface area contributed by atoms with Crippen LogP contribution in [0.4, 0.5) is 5.69 Å². The van der Waals surface area contributed by atoms with Gasteiger partial charge in [-0.1, -0.05) is 24.3 Å². The zero-order chi connectivity index (χ0) is 14.2. The summed E-state index contributed by atoms with van der Waals surface area (Å²) < 4.78 is 0. The highest BCUT2D eigenvalue weighted by atomic mass is 32.1. The summed E-state index contributed by atoms with van der Waals surface area (Å²) in [4.78, 5) is 24.0. The van der Waals surface area contributed by atoms with E-state index in [1.165, 1.54) is 11.3 Å². The fourth-order valence-electron chi connectivity index (χ4n) is 1.69. The van der Waals surface area contributed by atoms with E-state index >= 15 is 0 Å². The van der Waals surface area contributed by atoms with Crippen LogP contribution in [-0.2, 0) is 4.79 Å². The number of nitrogens with one attached hydrogen (secondary N) is 2. The van der Waals surface area contributed by atoms with Gasteiger partial charge >= 0.3 is 0 Å². The van der Waals surface area contributed by atoms with E-state index < -0.39 is 0 Å². The van der Waals surface area contributed by atoms with Gasteiger partial charge in [-0.05, 0) is 30.0 Å². The number of hydrogen-bond acceptors (Lipinski definition) is 3. The predicted octanol–water partition coefficient (Wildman–Crippen LogP) is 2.90. The van der Waals surface area contributed by atoms with Crippen molar-refractivity contribution in [3.05, 3.63) is 52.7 Å². The van der Waals surface area contributed by atoms with E-state index in [4.69, 9.17) is 0 Å². The summed E-state index contributed by atoms with van der Waals surface area (Å²) >= 11 is 1.41. The normalized spacial score (nSPS) is 10.0. The van der Waals surface area contributed by atoms with Gasteiger partial charge in [0, 0.05) is 18.7 Å². The van der Waals surface area contributed by atoms with E-state index in [1.807, 2.05) is 41.8 Å². The molecule has 2 rings (SSSR count). The Kier molecular flexibility index (Phi) is 5.32. The van der Waals surface area contributed by atoms with Crippen molar-refractivity contribution in [3.63, 3.8) is 0 Å². The molecular formula is C15H16N2O2S. The Morgan fingerprint density at radius 1 is 1.05 bits per heavy atom. The third-order valence-corrected chi connectivity index (χ3v) is 3.54. The number of anilines is 1. The maximum Gasteiger partial charge on any atom is 0.261 e. The van der Waals surface area contributed by atoms with Gasteiger partial charge in [0.25, 0.3) is 5.91 Å². The lowest BCUT2D eigenvalue weighted by atomic mass is 10.2. The SMILES string of the molecule is O=C(CCCNC(=O)c1cccs1)Nc1ccccc1. The Bertz CT molecular complexity index is 553. The zero-order valence-corrected chi connectivity index (χ0v) is 11.8. The minimum absolute atomic E-state index is 0.0402. The Morgan fingerprint density at radius 2 is 1.85 bits per heavy atom. The monoisotopic (exact) mass is 288 g/mol. The molecule has 0 spiro atoms. The molecule has 0 aliphatic carbocycles. The molecule has 1 aromatic carbocycles. The van der Waals surface area contributed by atoms with Crippen LogP contribution < -0.4 is 10.6 Å². The molecule has 0 saturated carbocycles. The average Bonchev–Trinajstić information content (AvgIpc) is 2.99. The number of rotatable bonds is 6. The van der Waals surface area contributed by atoms with Crippen LogP contribution in [0.5, 0.6) is 0 Å². The molecule has 4 nitrogen and oxygen atoms in total. The van der Waals surface area contributed by atoms with Crippen molar-refractivity contribution in [2.45, 2.75) is 12.8 Å². The van der Waals surface area contributed by atoms with E-state index in [-0.39, 0.29) is 11.8 Å². The third-order valence-electron chi connectivity index (χ3n) is 2.67. The molecule has 0 aliphatic heterocycles. The van der Waals surface area contributed by atoms with Gasteiger partial charge < -0.3 is 10.6 Å². The highest BCUT2D eigenvalue weighted by molar-refractivity contribution is 7.12. The van der Waals surface area contributed by atoms with Crippen molar-refractivity contribution in [1.82, 2.24) is 5.32 Å². The lowest BCUT2D eigenvalue weighted by Crippen LogP contribution is -2.24. The van der Waals surface area contributed by atoms with Gasteiger partial charge in [-0.3, -0.25) is 9.59 Å². The first-order valence-corrected chi connectivity index (χ1v) is 7.30. The molecule has 0 fully saturated rings. The molecule has 0 radical (unpaired) electrons. The quantitative estimate of drug-likeness (QED) is 0.803. The minimum Gasteiger partial charge on any atom is -0.351 e. The van der Waals surface area contributed by atoms with E-state index in [0.29, 0.717) is 24.3 Å². The predicted molar refractivity (Wildman–Crippen MR) is 81.0 cm³/mol. The molecule has 2 N–H and O–H groups in total. The molecule has 0 saturated heterocycles. The van der Waals surface area contributed by atoms with Gasteiger partial charge in [-0.25, -0.2) is 0 Å². The highest BCUT2D eigenvalue weighted by Gasteiger charge is 2.06. The van der Waals surface area contributed by atoms with Crippen LogP contribution in [0.15, 0.2) is 47.8 Å². The van der Waals surface area contributed by atoms with Crippen molar-refractivity contribution in [2.75, 3.05) is 11.9 Å². The Morgan fingerprint density at radius 3 is 2.55 bits per heavy atom. The molecule has 2 amide bonds. The molecule has 0 bridgehead atoms. The first kappa shape index (κ1) is 14.3. The Labute approximate surface area is 121 Å². The van der Waals surface area contributed by atoms with E-state index in [1.54, 1.807) is 6.07 Å². The minimum atomic E-state index is -0.0801. The van der Waals surface area contributed by atoms with Crippen LogP contribution >= 0.6 is 11.3 Å². The van der Waals surface area contributed by atoms with Gasteiger partial charge in [-0.15, -0.1) is 11.3 Å². The summed E-state index contributed by atoms with van der Waals surface area (Å²) in [6.07, 6.45) is 1.01. The Balaban J connectivity index is 1.64. The smallest absolute Gasteiger partial charge is 0.261 e. The fraction of sp³-hybridized carbons (Fsp3) is 0.200. The van der Waals surface area contributed by atoms with Crippen molar-refractivity contribution in [1.29, 1.82) is 0 Å². The van der Waals surface area contributed by atoms with Crippen molar-refractivity contribution < 1.29 is 9.59 Å². The van der Waals surface area contributed by atoms with Gasteiger partial charge in [-0.2, -0.15) is 0 Å². The molecule has 1 heterocycles. The summed E-state index contributed by atoms with van der Waals surface area (Å²) in [5.41, 5.74) is 0.792. The van der Waals surface area contributed by atoms with Gasteiger partial charge in [0.05, 0.1) is 4.88 Å². The maximum absolute atomic E-state index is 11.7. The first-order valence-electron chi connectivity index (χ1n) is 6.42. The van der Waals surface area contributed by atoms with Crippen LogP contribution in [0.3, 0.4) is 0 Å². The molecule has 1 aromatic heterocycles. The van der Waals surface area contributed by atoms with Crippen molar-refractivity contribution in [2.24, 2.45) is 0 Å². The summed E-state index contributed by atoms with van der Waals surface area (Å²) in [5.74, 6) is -0.120. The van der Waals surface area contributed by atoms with E-state index in [9.17, 15) is 9.59 Å². The molecule has 0 atom stereocenters. The van der Waals surface area contributed by atoms with Crippen LogP contribution in [-0.4, -0.2) is 18.4 Å². The molecule has 2 aromatic rings. The number of carbonyl (C=O) groups excluding carboxylic acids is 2. The number of para-hydroxylation sites is 1. The lowest BCUT2D eigenvalue weighted by Gasteiger charge is -2.05. The number of carbonyl (C=O) groups is 2. The summed E-state index contributed by atoms with van der Waals surface area (Å²) in [6.45, 7) is 0.499. The third kappa shape index (κ3) is 4.51. The number of hydrogen-bond donors (Lipinski definition) is 2. The standard InChI is InChI=1S/C15H16N2O2S/c18-14(17-12-6-2-1-3-7-12)9-4-10-16-15(19)13-8-5-11-20-13/h1-3,5-8,11H,4,9-10H2,(H,16,19)(H,17,18). The molecule has 0 unspecified atom stereocenters. The van der Waals surface area contributed by atoms with Gasteiger partial charge in [0.2, 0.25) is 5.91 Å². The fourth-order valence-corrected chi connectivity index (χ4v) is 2.33. The number of thiophene rings is 1. The molecule has 104 valence electrons.